The standard InChI is InChI=1S/C22H22Cl2O4/c1-13-11-15(23)7-9-19(13)27-21(25)17-5-3-4-6-18(17)22(26)28-20-10-8-16(24)12-14(20)2/h7-12,17-18H,3-6H2,1-2H3. The van der Waals surface area contributed by atoms with Crippen LogP contribution >= 0.6 is 23.2 Å². The second kappa shape index (κ2) is 8.97. The highest BCUT2D eigenvalue weighted by Gasteiger charge is 2.38. The number of rotatable bonds is 4. The summed E-state index contributed by atoms with van der Waals surface area (Å²) in [6.07, 6.45) is 2.96. The fourth-order valence-corrected chi connectivity index (χ4v) is 3.97. The number of hydrogen-bond donors (Lipinski definition) is 0. The van der Waals surface area contributed by atoms with Crippen LogP contribution in [0.25, 0.3) is 0 Å². The molecule has 6 heteroatoms. The SMILES string of the molecule is Cc1cc(Cl)ccc1OC(=O)C1CCCCC1C(=O)Oc1ccc(Cl)cc1C. The lowest BCUT2D eigenvalue weighted by Crippen LogP contribution is -2.37. The molecule has 4 nitrogen and oxygen atoms in total. The van der Waals surface area contributed by atoms with Gasteiger partial charge in [-0.25, -0.2) is 0 Å². The van der Waals surface area contributed by atoms with Crippen LogP contribution in [0.1, 0.15) is 36.8 Å². The molecule has 0 N–H and O–H groups in total. The summed E-state index contributed by atoms with van der Waals surface area (Å²) < 4.78 is 11.2. The van der Waals surface area contributed by atoms with Crippen LogP contribution in [0.3, 0.4) is 0 Å². The van der Waals surface area contributed by atoms with Gasteiger partial charge < -0.3 is 9.47 Å². The van der Waals surface area contributed by atoms with Crippen molar-refractivity contribution in [3.05, 3.63) is 57.6 Å². The van der Waals surface area contributed by atoms with Gasteiger partial charge in [0.1, 0.15) is 11.5 Å². The number of halogens is 2. The maximum Gasteiger partial charge on any atom is 0.315 e. The summed E-state index contributed by atoms with van der Waals surface area (Å²) in [5.74, 6) is -0.936. The molecule has 1 saturated carbocycles. The van der Waals surface area contributed by atoms with Crippen LogP contribution in [0.2, 0.25) is 10.0 Å². The van der Waals surface area contributed by atoms with Gasteiger partial charge in [-0.2, -0.15) is 0 Å². The van der Waals surface area contributed by atoms with E-state index in [4.69, 9.17) is 32.7 Å². The second-order valence-electron chi connectivity index (χ2n) is 7.16. The predicted molar refractivity (Wildman–Crippen MR) is 109 cm³/mol. The zero-order valence-electron chi connectivity index (χ0n) is 15.8. The highest BCUT2D eigenvalue weighted by Crippen LogP contribution is 2.34. The lowest BCUT2D eigenvalue weighted by atomic mass is 9.79. The Bertz CT molecular complexity index is 821. The first-order valence-electron chi connectivity index (χ1n) is 9.31. The van der Waals surface area contributed by atoms with E-state index in [0.29, 0.717) is 34.4 Å². The third-order valence-electron chi connectivity index (χ3n) is 5.07. The largest absolute Gasteiger partial charge is 0.426 e. The molecule has 0 heterocycles. The Morgan fingerprint density at radius 2 is 1.18 bits per heavy atom. The number of carbonyl (C=O) groups is 2. The van der Waals surface area contributed by atoms with Crippen molar-refractivity contribution < 1.29 is 19.1 Å². The Kier molecular flexibility index (Phi) is 6.63. The van der Waals surface area contributed by atoms with E-state index in [1.807, 2.05) is 13.8 Å². The summed E-state index contributed by atoms with van der Waals surface area (Å²) in [5, 5.41) is 1.16. The quantitative estimate of drug-likeness (QED) is 0.454. The normalized spacial score (nSPS) is 19.1. The van der Waals surface area contributed by atoms with E-state index in [0.717, 1.165) is 24.0 Å². The molecule has 0 saturated heterocycles. The van der Waals surface area contributed by atoms with Gasteiger partial charge in [-0.1, -0.05) is 36.0 Å². The number of carbonyl (C=O) groups excluding carboxylic acids is 2. The highest BCUT2D eigenvalue weighted by molar-refractivity contribution is 6.31. The van der Waals surface area contributed by atoms with Crippen LogP contribution in [0, 0.1) is 25.7 Å². The Balaban J connectivity index is 1.73. The molecule has 0 spiro atoms. The lowest BCUT2D eigenvalue weighted by molar-refractivity contribution is -0.152. The van der Waals surface area contributed by atoms with E-state index in [9.17, 15) is 9.59 Å². The molecule has 2 atom stereocenters. The van der Waals surface area contributed by atoms with Crippen LogP contribution in [0.5, 0.6) is 11.5 Å². The molecule has 0 aliphatic heterocycles. The summed E-state index contributed by atoms with van der Waals surface area (Å²) in [6.45, 7) is 3.65. The molecule has 2 aromatic rings. The third-order valence-corrected chi connectivity index (χ3v) is 5.54. The summed E-state index contributed by atoms with van der Waals surface area (Å²) >= 11 is 11.9. The smallest absolute Gasteiger partial charge is 0.315 e. The molecule has 0 radical (unpaired) electrons. The van der Waals surface area contributed by atoms with Gasteiger partial charge in [0.2, 0.25) is 0 Å². The molecule has 0 aromatic heterocycles. The van der Waals surface area contributed by atoms with Crippen LogP contribution in [-0.4, -0.2) is 11.9 Å². The Morgan fingerprint density at radius 3 is 1.54 bits per heavy atom. The third kappa shape index (κ3) is 4.86. The monoisotopic (exact) mass is 420 g/mol. The highest BCUT2D eigenvalue weighted by atomic mass is 35.5. The number of ether oxygens (including phenoxy) is 2. The van der Waals surface area contributed by atoms with E-state index in [1.165, 1.54) is 0 Å². The Morgan fingerprint density at radius 1 is 0.786 bits per heavy atom. The van der Waals surface area contributed by atoms with Crippen molar-refractivity contribution in [2.75, 3.05) is 0 Å². The maximum atomic E-state index is 12.8. The number of hydrogen-bond acceptors (Lipinski definition) is 4. The average molecular weight is 421 g/mol. The minimum absolute atomic E-state index is 0.403. The molecule has 1 aliphatic carbocycles. The van der Waals surface area contributed by atoms with E-state index in [1.54, 1.807) is 36.4 Å². The molecule has 148 valence electrons. The van der Waals surface area contributed by atoms with Gasteiger partial charge in [-0.3, -0.25) is 9.59 Å². The van der Waals surface area contributed by atoms with Gasteiger partial charge in [0.25, 0.3) is 0 Å². The zero-order valence-corrected chi connectivity index (χ0v) is 17.3. The Labute approximate surface area is 174 Å². The van der Waals surface area contributed by atoms with Crippen LogP contribution in [0.15, 0.2) is 36.4 Å². The van der Waals surface area contributed by atoms with E-state index < -0.39 is 23.8 Å². The molecular formula is C22H22Cl2O4. The minimum atomic E-state index is -0.524. The van der Waals surface area contributed by atoms with Gasteiger partial charge in [-0.15, -0.1) is 0 Å². The number of benzene rings is 2. The van der Waals surface area contributed by atoms with Crippen molar-refractivity contribution >= 4 is 35.1 Å². The first-order valence-corrected chi connectivity index (χ1v) is 10.1. The number of esters is 2. The Hall–Kier alpha value is -2.04. The van der Waals surface area contributed by atoms with Gasteiger partial charge >= 0.3 is 11.9 Å². The predicted octanol–water partition coefficient (Wildman–Crippen LogP) is 5.93. The fraction of sp³-hybridized carbons (Fsp3) is 0.364. The number of aryl methyl sites for hydroxylation is 2. The molecule has 0 bridgehead atoms. The van der Waals surface area contributed by atoms with Gasteiger partial charge in [-0.05, 0) is 74.2 Å². The lowest BCUT2D eigenvalue weighted by Gasteiger charge is -2.28. The van der Waals surface area contributed by atoms with E-state index in [2.05, 4.69) is 0 Å². The fourth-order valence-electron chi connectivity index (χ4n) is 3.52. The second-order valence-corrected chi connectivity index (χ2v) is 8.03. The molecule has 2 unspecified atom stereocenters. The van der Waals surface area contributed by atoms with Gasteiger partial charge in [0.05, 0.1) is 11.8 Å². The minimum Gasteiger partial charge on any atom is -0.426 e. The van der Waals surface area contributed by atoms with Crippen molar-refractivity contribution in [1.82, 2.24) is 0 Å². The van der Waals surface area contributed by atoms with Gasteiger partial charge in [0, 0.05) is 10.0 Å². The van der Waals surface area contributed by atoms with E-state index in [-0.39, 0.29) is 0 Å². The van der Waals surface area contributed by atoms with E-state index >= 15 is 0 Å². The van der Waals surface area contributed by atoms with Gasteiger partial charge in [0.15, 0.2) is 0 Å². The molecule has 0 amide bonds. The molecular weight excluding hydrogens is 399 g/mol. The topological polar surface area (TPSA) is 52.6 Å². The van der Waals surface area contributed by atoms with Crippen LogP contribution in [-0.2, 0) is 9.59 Å². The molecule has 28 heavy (non-hydrogen) atoms. The first kappa shape index (κ1) is 20.7. The summed E-state index contributed by atoms with van der Waals surface area (Å²) in [6, 6.07) is 10.2. The summed E-state index contributed by atoms with van der Waals surface area (Å²) in [4.78, 5) is 25.6. The van der Waals surface area contributed by atoms with Crippen molar-refractivity contribution in [1.29, 1.82) is 0 Å². The zero-order chi connectivity index (χ0) is 20.3. The molecule has 1 aliphatic rings. The molecule has 1 fully saturated rings. The van der Waals surface area contributed by atoms with Crippen LogP contribution in [0.4, 0.5) is 0 Å². The van der Waals surface area contributed by atoms with Crippen molar-refractivity contribution in [3.8, 4) is 11.5 Å². The first-order chi connectivity index (χ1) is 13.3. The maximum absolute atomic E-state index is 12.8. The van der Waals surface area contributed by atoms with Crippen molar-refractivity contribution in [2.24, 2.45) is 11.8 Å². The average Bonchev–Trinajstić information content (AvgIpc) is 2.66. The molecule has 2 aromatic carbocycles. The molecule has 3 rings (SSSR count). The van der Waals surface area contributed by atoms with Crippen molar-refractivity contribution in [3.63, 3.8) is 0 Å². The summed E-state index contributed by atoms with van der Waals surface area (Å²) in [5.41, 5.74) is 1.54. The van der Waals surface area contributed by atoms with Crippen molar-refractivity contribution in [2.45, 2.75) is 39.5 Å². The summed E-state index contributed by atoms with van der Waals surface area (Å²) in [7, 11) is 0. The van der Waals surface area contributed by atoms with Crippen LogP contribution < -0.4 is 9.47 Å².